The first-order valence-corrected chi connectivity index (χ1v) is 6.69. The third-order valence-corrected chi connectivity index (χ3v) is 4.34. The Balaban J connectivity index is 2.47. The normalized spacial score (nSPS) is 20.8. The summed E-state index contributed by atoms with van der Waals surface area (Å²) < 4.78 is 0. The second kappa shape index (κ2) is 5.17. The maximum Gasteiger partial charge on any atom is 0.304 e. The molecular formula is C11H13N3O5S. The van der Waals surface area contributed by atoms with E-state index in [1.807, 2.05) is 0 Å². The van der Waals surface area contributed by atoms with E-state index in [1.165, 1.54) is 17.9 Å². The molecule has 2 atom stereocenters. The summed E-state index contributed by atoms with van der Waals surface area (Å²) in [5.41, 5.74) is -0.208. The number of amides is 2. The SMILES string of the molecule is CC1C(=O)NC(=O)CN1c1sc([C@H](C)O)cc1[N+](=O)[O-]. The molecule has 1 aromatic rings. The van der Waals surface area contributed by atoms with Gasteiger partial charge in [-0.05, 0) is 13.8 Å². The first-order valence-electron chi connectivity index (χ1n) is 5.87. The number of nitro groups is 1. The van der Waals surface area contributed by atoms with Gasteiger partial charge in [0.25, 0.3) is 0 Å². The molecule has 0 bridgehead atoms. The topological polar surface area (TPSA) is 113 Å². The molecule has 2 rings (SSSR count). The standard InChI is InChI=1S/C11H13N3O5S/c1-5-10(17)12-9(16)4-13(5)11-7(14(18)19)3-8(20-11)6(2)15/h3,5-6,15H,4H2,1-2H3,(H,12,16,17)/t5?,6-/m0/s1. The number of rotatable bonds is 3. The van der Waals surface area contributed by atoms with Crippen LogP contribution in [0, 0.1) is 10.1 Å². The van der Waals surface area contributed by atoms with Crippen molar-refractivity contribution in [2.24, 2.45) is 0 Å². The van der Waals surface area contributed by atoms with Crippen LogP contribution >= 0.6 is 11.3 Å². The second-order valence-corrected chi connectivity index (χ2v) is 5.55. The van der Waals surface area contributed by atoms with Gasteiger partial charge in [0.05, 0.1) is 17.6 Å². The lowest BCUT2D eigenvalue weighted by Crippen LogP contribution is -2.57. The molecule has 20 heavy (non-hydrogen) atoms. The Morgan fingerprint density at radius 3 is 2.80 bits per heavy atom. The van der Waals surface area contributed by atoms with Crippen LogP contribution < -0.4 is 10.2 Å². The number of carbonyl (C=O) groups excluding carboxylic acids is 2. The number of anilines is 1. The number of imide groups is 1. The molecule has 8 nitrogen and oxygen atoms in total. The quantitative estimate of drug-likeness (QED) is 0.479. The van der Waals surface area contributed by atoms with Gasteiger partial charge in [0.15, 0.2) is 5.00 Å². The minimum Gasteiger partial charge on any atom is -0.388 e. The molecule has 9 heteroatoms. The molecular weight excluding hydrogens is 286 g/mol. The number of hydrogen-bond donors (Lipinski definition) is 2. The Kier molecular flexibility index (Phi) is 3.73. The Labute approximate surface area is 118 Å². The van der Waals surface area contributed by atoms with Crippen molar-refractivity contribution >= 4 is 33.8 Å². The lowest BCUT2D eigenvalue weighted by atomic mass is 10.2. The minimum atomic E-state index is -0.850. The number of aliphatic hydroxyl groups is 1. The summed E-state index contributed by atoms with van der Waals surface area (Å²) in [6.45, 7) is 2.93. The fourth-order valence-corrected chi connectivity index (χ4v) is 3.04. The van der Waals surface area contributed by atoms with Crippen LogP contribution in [0.25, 0.3) is 0 Å². The summed E-state index contributed by atoms with van der Waals surface area (Å²) in [5.74, 6) is -1.00. The molecule has 1 aliphatic heterocycles. The highest BCUT2D eigenvalue weighted by molar-refractivity contribution is 7.16. The van der Waals surface area contributed by atoms with E-state index in [0.717, 1.165) is 11.3 Å². The summed E-state index contributed by atoms with van der Waals surface area (Å²) in [7, 11) is 0. The lowest BCUT2D eigenvalue weighted by Gasteiger charge is -2.31. The monoisotopic (exact) mass is 299 g/mol. The van der Waals surface area contributed by atoms with Gasteiger partial charge in [0, 0.05) is 10.9 Å². The van der Waals surface area contributed by atoms with Crippen molar-refractivity contribution in [2.75, 3.05) is 11.4 Å². The fraction of sp³-hybridized carbons (Fsp3) is 0.455. The first-order chi connectivity index (χ1) is 9.31. The van der Waals surface area contributed by atoms with Gasteiger partial charge in [-0.2, -0.15) is 0 Å². The van der Waals surface area contributed by atoms with Crippen molar-refractivity contribution in [3.05, 3.63) is 21.1 Å². The number of aliphatic hydroxyl groups excluding tert-OH is 1. The van der Waals surface area contributed by atoms with Crippen molar-refractivity contribution in [2.45, 2.75) is 26.0 Å². The van der Waals surface area contributed by atoms with E-state index < -0.39 is 28.9 Å². The van der Waals surface area contributed by atoms with E-state index >= 15 is 0 Å². The summed E-state index contributed by atoms with van der Waals surface area (Å²) in [6.07, 6.45) is -0.850. The molecule has 108 valence electrons. The zero-order chi connectivity index (χ0) is 15.0. The molecule has 1 fully saturated rings. The van der Waals surface area contributed by atoms with Crippen LogP contribution in [0.15, 0.2) is 6.07 Å². The highest BCUT2D eigenvalue weighted by Crippen LogP contribution is 2.41. The maximum atomic E-state index is 11.6. The van der Waals surface area contributed by atoms with Gasteiger partial charge >= 0.3 is 5.69 Å². The van der Waals surface area contributed by atoms with Gasteiger partial charge in [-0.3, -0.25) is 25.0 Å². The molecule has 0 aliphatic carbocycles. The van der Waals surface area contributed by atoms with Gasteiger partial charge in [-0.1, -0.05) is 0 Å². The van der Waals surface area contributed by atoms with E-state index in [1.54, 1.807) is 6.92 Å². The van der Waals surface area contributed by atoms with Gasteiger partial charge < -0.3 is 10.0 Å². The summed E-state index contributed by atoms with van der Waals surface area (Å²) in [4.78, 5) is 35.4. The Morgan fingerprint density at radius 1 is 1.60 bits per heavy atom. The molecule has 0 aromatic carbocycles. The van der Waals surface area contributed by atoms with Crippen LogP contribution in [-0.2, 0) is 9.59 Å². The van der Waals surface area contributed by atoms with Gasteiger partial charge in [-0.25, -0.2) is 0 Å². The molecule has 2 heterocycles. The number of carbonyl (C=O) groups is 2. The largest absolute Gasteiger partial charge is 0.388 e. The van der Waals surface area contributed by atoms with Crippen molar-refractivity contribution in [3.63, 3.8) is 0 Å². The molecule has 1 saturated heterocycles. The molecule has 0 spiro atoms. The maximum absolute atomic E-state index is 11.6. The Morgan fingerprint density at radius 2 is 2.25 bits per heavy atom. The van der Waals surface area contributed by atoms with Crippen LogP contribution in [0.2, 0.25) is 0 Å². The molecule has 0 radical (unpaired) electrons. The third-order valence-electron chi connectivity index (χ3n) is 3.01. The van der Waals surface area contributed by atoms with Gasteiger partial charge in [0.1, 0.15) is 6.04 Å². The zero-order valence-corrected chi connectivity index (χ0v) is 11.6. The number of nitrogens with zero attached hydrogens (tertiary/aromatic N) is 2. The smallest absolute Gasteiger partial charge is 0.304 e. The third kappa shape index (κ3) is 2.49. The predicted molar refractivity (Wildman–Crippen MR) is 71.6 cm³/mol. The lowest BCUT2D eigenvalue weighted by molar-refractivity contribution is -0.383. The highest BCUT2D eigenvalue weighted by Gasteiger charge is 2.36. The van der Waals surface area contributed by atoms with E-state index in [0.29, 0.717) is 4.88 Å². The predicted octanol–water partition coefficient (Wildman–Crippen LogP) is 0.561. The van der Waals surface area contributed by atoms with Crippen molar-refractivity contribution < 1.29 is 19.6 Å². The van der Waals surface area contributed by atoms with Crippen LogP contribution in [0.3, 0.4) is 0 Å². The number of hydrogen-bond acceptors (Lipinski definition) is 7. The number of thiophene rings is 1. The van der Waals surface area contributed by atoms with E-state index in [2.05, 4.69) is 5.32 Å². The fourth-order valence-electron chi connectivity index (χ4n) is 1.89. The highest BCUT2D eigenvalue weighted by atomic mass is 32.1. The van der Waals surface area contributed by atoms with E-state index in [-0.39, 0.29) is 17.2 Å². The van der Waals surface area contributed by atoms with Crippen molar-refractivity contribution in [3.8, 4) is 0 Å². The van der Waals surface area contributed by atoms with Crippen LogP contribution in [0.1, 0.15) is 24.8 Å². The summed E-state index contributed by atoms with van der Waals surface area (Å²) in [6, 6.07) is 0.584. The average molecular weight is 299 g/mol. The molecule has 2 N–H and O–H groups in total. The Bertz CT molecular complexity index is 583. The molecule has 2 amide bonds. The number of nitrogens with one attached hydrogen (secondary N) is 1. The minimum absolute atomic E-state index is 0.131. The Hall–Kier alpha value is -2.00. The van der Waals surface area contributed by atoms with E-state index in [9.17, 15) is 24.8 Å². The van der Waals surface area contributed by atoms with Crippen LogP contribution in [0.4, 0.5) is 10.7 Å². The van der Waals surface area contributed by atoms with Crippen molar-refractivity contribution in [1.29, 1.82) is 0 Å². The van der Waals surface area contributed by atoms with Crippen LogP contribution in [-0.4, -0.2) is 34.4 Å². The zero-order valence-electron chi connectivity index (χ0n) is 10.8. The van der Waals surface area contributed by atoms with Gasteiger partial charge in [0.2, 0.25) is 11.8 Å². The second-order valence-electron chi connectivity index (χ2n) is 4.49. The molecule has 1 unspecified atom stereocenters. The van der Waals surface area contributed by atoms with Crippen molar-refractivity contribution in [1.82, 2.24) is 5.32 Å². The van der Waals surface area contributed by atoms with Gasteiger partial charge in [-0.15, -0.1) is 11.3 Å². The first kappa shape index (κ1) is 14.4. The summed E-state index contributed by atoms with van der Waals surface area (Å²) in [5, 5.41) is 23.0. The molecule has 1 aromatic heterocycles. The molecule has 1 aliphatic rings. The van der Waals surface area contributed by atoms with E-state index in [4.69, 9.17) is 0 Å². The summed E-state index contributed by atoms with van der Waals surface area (Å²) >= 11 is 1.01. The van der Waals surface area contributed by atoms with Crippen LogP contribution in [0.5, 0.6) is 0 Å². The molecule has 0 saturated carbocycles. The average Bonchev–Trinajstić information content (AvgIpc) is 2.78. The number of piperazine rings is 1.